The molecule has 0 aromatic carbocycles. The third kappa shape index (κ3) is 6.42. The van der Waals surface area contributed by atoms with Gasteiger partial charge in [0.1, 0.15) is 0 Å². The van der Waals surface area contributed by atoms with Gasteiger partial charge in [0.25, 0.3) is 0 Å². The molecule has 1 aliphatic carbocycles. The van der Waals surface area contributed by atoms with Crippen LogP contribution in [0.2, 0.25) is 0 Å². The number of unbranched alkanes of at least 4 members (excludes halogenated alkanes) is 2. The lowest BCUT2D eigenvalue weighted by molar-refractivity contribution is 0.0202. The van der Waals surface area contributed by atoms with Gasteiger partial charge in [-0.25, -0.2) is 0 Å². The fraction of sp³-hybridized carbons (Fsp3) is 1.00. The largest absolute Gasteiger partial charge is 0.377 e. The van der Waals surface area contributed by atoms with E-state index in [1.807, 2.05) is 0 Å². The molecule has 2 heteroatoms. The lowest BCUT2D eigenvalue weighted by atomic mass is 10.1. The molecule has 0 spiro atoms. The minimum absolute atomic E-state index is 0.473. The summed E-state index contributed by atoms with van der Waals surface area (Å²) in [6.45, 7) is 6.58. The molecule has 1 fully saturated rings. The second-order valence-corrected chi connectivity index (χ2v) is 5.31. The van der Waals surface area contributed by atoms with Crippen molar-refractivity contribution < 1.29 is 4.74 Å². The summed E-state index contributed by atoms with van der Waals surface area (Å²) in [5.74, 6) is 0. The minimum atomic E-state index is 0.473. The Hall–Kier alpha value is -0.0800. The van der Waals surface area contributed by atoms with Crippen molar-refractivity contribution in [1.29, 1.82) is 0 Å². The highest BCUT2D eigenvalue weighted by molar-refractivity contribution is 4.80. The van der Waals surface area contributed by atoms with Crippen LogP contribution in [-0.4, -0.2) is 25.3 Å². The molecule has 0 radical (unpaired) electrons. The van der Waals surface area contributed by atoms with Gasteiger partial charge < -0.3 is 10.1 Å². The van der Waals surface area contributed by atoms with Crippen LogP contribution in [0.15, 0.2) is 0 Å². The second-order valence-electron chi connectivity index (χ2n) is 5.31. The van der Waals surface area contributed by atoms with Crippen molar-refractivity contribution in [2.75, 3.05) is 13.2 Å². The monoisotopic (exact) mass is 241 g/mol. The predicted molar refractivity (Wildman–Crippen MR) is 74.4 cm³/mol. The van der Waals surface area contributed by atoms with E-state index in [0.717, 1.165) is 13.2 Å². The van der Waals surface area contributed by atoms with Crippen molar-refractivity contribution in [2.45, 2.75) is 83.8 Å². The molecule has 0 heterocycles. The maximum Gasteiger partial charge on any atom is 0.0728 e. The molecule has 0 aromatic heterocycles. The van der Waals surface area contributed by atoms with Crippen LogP contribution in [0.5, 0.6) is 0 Å². The molecule has 2 atom stereocenters. The van der Waals surface area contributed by atoms with Crippen LogP contribution >= 0.6 is 0 Å². The van der Waals surface area contributed by atoms with Gasteiger partial charge in [0.05, 0.1) is 6.10 Å². The Morgan fingerprint density at radius 3 is 2.59 bits per heavy atom. The standard InChI is InChI=1S/C15H31NO/c1-3-5-9-13-17-15-11-8-6-7-10-14(15)16-12-4-2/h14-16H,3-13H2,1-2H3. The van der Waals surface area contributed by atoms with Crippen LogP contribution in [0.1, 0.15) is 71.6 Å². The summed E-state index contributed by atoms with van der Waals surface area (Å²) in [7, 11) is 0. The molecule has 17 heavy (non-hydrogen) atoms. The smallest absolute Gasteiger partial charge is 0.0728 e. The maximum absolute atomic E-state index is 6.11. The van der Waals surface area contributed by atoms with Gasteiger partial charge in [0.15, 0.2) is 0 Å². The van der Waals surface area contributed by atoms with E-state index in [9.17, 15) is 0 Å². The Bertz CT molecular complexity index is 172. The third-order valence-corrected chi connectivity index (χ3v) is 3.69. The van der Waals surface area contributed by atoms with Crippen LogP contribution in [0.4, 0.5) is 0 Å². The minimum Gasteiger partial charge on any atom is -0.377 e. The van der Waals surface area contributed by atoms with Crippen LogP contribution in [0.25, 0.3) is 0 Å². The Morgan fingerprint density at radius 1 is 1.00 bits per heavy atom. The third-order valence-electron chi connectivity index (χ3n) is 3.69. The zero-order chi connectivity index (χ0) is 12.3. The zero-order valence-corrected chi connectivity index (χ0v) is 11.8. The quantitative estimate of drug-likeness (QED) is 0.514. The fourth-order valence-corrected chi connectivity index (χ4v) is 2.62. The van der Waals surface area contributed by atoms with E-state index in [4.69, 9.17) is 4.74 Å². The molecule has 2 nitrogen and oxygen atoms in total. The summed E-state index contributed by atoms with van der Waals surface area (Å²) in [6, 6.07) is 0.610. The topological polar surface area (TPSA) is 21.3 Å². The molecular weight excluding hydrogens is 210 g/mol. The summed E-state index contributed by atoms with van der Waals surface area (Å²) in [5.41, 5.74) is 0. The highest BCUT2D eigenvalue weighted by Crippen LogP contribution is 2.21. The Balaban J connectivity index is 2.27. The van der Waals surface area contributed by atoms with Crippen molar-refractivity contribution in [3.05, 3.63) is 0 Å². The van der Waals surface area contributed by atoms with Crippen molar-refractivity contribution in [2.24, 2.45) is 0 Å². The lowest BCUT2D eigenvalue weighted by Crippen LogP contribution is -2.41. The first kappa shape index (κ1) is 15.0. The van der Waals surface area contributed by atoms with E-state index >= 15 is 0 Å². The highest BCUT2D eigenvalue weighted by atomic mass is 16.5. The number of rotatable bonds is 8. The molecule has 102 valence electrons. The first-order chi connectivity index (χ1) is 8.38. The van der Waals surface area contributed by atoms with E-state index in [2.05, 4.69) is 19.2 Å². The van der Waals surface area contributed by atoms with Gasteiger partial charge in [-0.3, -0.25) is 0 Å². The molecule has 0 amide bonds. The Labute approximate surface area is 108 Å². The Kier molecular flexibility index (Phi) is 8.72. The van der Waals surface area contributed by atoms with Crippen molar-refractivity contribution in [1.82, 2.24) is 5.32 Å². The number of nitrogens with one attached hydrogen (secondary N) is 1. The summed E-state index contributed by atoms with van der Waals surface area (Å²) in [4.78, 5) is 0. The second kappa shape index (κ2) is 9.90. The number of hydrogen-bond acceptors (Lipinski definition) is 2. The van der Waals surface area contributed by atoms with E-state index in [-0.39, 0.29) is 0 Å². The predicted octanol–water partition coefficient (Wildman–Crippen LogP) is 3.89. The van der Waals surface area contributed by atoms with Gasteiger partial charge in [-0.05, 0) is 32.2 Å². The molecule has 1 saturated carbocycles. The van der Waals surface area contributed by atoms with Gasteiger partial charge in [0, 0.05) is 12.6 Å². The van der Waals surface area contributed by atoms with Gasteiger partial charge >= 0.3 is 0 Å². The van der Waals surface area contributed by atoms with Crippen molar-refractivity contribution >= 4 is 0 Å². The summed E-state index contributed by atoms with van der Waals surface area (Å²) in [6.07, 6.45) is 12.2. The number of ether oxygens (including phenoxy) is 1. The molecule has 1 aliphatic rings. The normalized spacial score (nSPS) is 25.8. The summed E-state index contributed by atoms with van der Waals surface area (Å²) < 4.78 is 6.11. The number of hydrogen-bond donors (Lipinski definition) is 1. The van der Waals surface area contributed by atoms with E-state index in [1.54, 1.807) is 0 Å². The summed E-state index contributed by atoms with van der Waals surface area (Å²) in [5, 5.41) is 3.68. The fourth-order valence-electron chi connectivity index (χ4n) is 2.62. The molecule has 1 rings (SSSR count). The average molecular weight is 241 g/mol. The molecular formula is C15H31NO. The molecule has 0 aliphatic heterocycles. The molecule has 0 saturated heterocycles. The van der Waals surface area contributed by atoms with Gasteiger partial charge in [0.2, 0.25) is 0 Å². The van der Waals surface area contributed by atoms with Crippen LogP contribution in [-0.2, 0) is 4.74 Å². The first-order valence-corrected chi connectivity index (χ1v) is 7.73. The average Bonchev–Trinajstić information content (AvgIpc) is 2.57. The summed E-state index contributed by atoms with van der Waals surface area (Å²) >= 11 is 0. The van der Waals surface area contributed by atoms with Crippen LogP contribution < -0.4 is 5.32 Å². The van der Waals surface area contributed by atoms with Crippen LogP contribution in [0, 0.1) is 0 Å². The molecule has 2 unspecified atom stereocenters. The SMILES string of the molecule is CCCCCOC1CCCCCC1NCCC. The maximum atomic E-state index is 6.11. The molecule has 0 bridgehead atoms. The van der Waals surface area contributed by atoms with E-state index in [1.165, 1.54) is 57.8 Å². The lowest BCUT2D eigenvalue weighted by Gasteiger charge is -2.26. The van der Waals surface area contributed by atoms with E-state index < -0.39 is 0 Å². The Morgan fingerprint density at radius 2 is 1.82 bits per heavy atom. The van der Waals surface area contributed by atoms with Crippen molar-refractivity contribution in [3.63, 3.8) is 0 Å². The van der Waals surface area contributed by atoms with Crippen LogP contribution in [0.3, 0.4) is 0 Å². The molecule has 0 aromatic rings. The molecule has 1 N–H and O–H groups in total. The first-order valence-electron chi connectivity index (χ1n) is 7.73. The van der Waals surface area contributed by atoms with Crippen molar-refractivity contribution in [3.8, 4) is 0 Å². The van der Waals surface area contributed by atoms with Gasteiger partial charge in [-0.2, -0.15) is 0 Å². The van der Waals surface area contributed by atoms with E-state index in [0.29, 0.717) is 12.1 Å². The zero-order valence-electron chi connectivity index (χ0n) is 11.8. The highest BCUT2D eigenvalue weighted by Gasteiger charge is 2.23. The van der Waals surface area contributed by atoms with Gasteiger partial charge in [-0.1, -0.05) is 46.0 Å². The van der Waals surface area contributed by atoms with Gasteiger partial charge in [-0.15, -0.1) is 0 Å².